The number of aldehydes is 1. The summed E-state index contributed by atoms with van der Waals surface area (Å²) in [6.45, 7) is 3.39. The molecule has 3 N–H and O–H groups in total. The van der Waals surface area contributed by atoms with E-state index in [0.29, 0.717) is 23.5 Å². The Morgan fingerprint density at radius 1 is 1.27 bits per heavy atom. The summed E-state index contributed by atoms with van der Waals surface area (Å²) in [5, 5.41) is 12.7. The molecule has 0 saturated heterocycles. The van der Waals surface area contributed by atoms with Crippen LogP contribution in [0.5, 0.6) is 11.5 Å². The second-order valence-corrected chi connectivity index (χ2v) is 8.46. The molecular weight excluding hydrogens is 452 g/mol. The van der Waals surface area contributed by atoms with Crippen LogP contribution in [-0.4, -0.2) is 54.3 Å². The first-order chi connectivity index (χ1) is 15.8. The van der Waals surface area contributed by atoms with Gasteiger partial charge in [-0.15, -0.1) is 0 Å². The van der Waals surface area contributed by atoms with Gasteiger partial charge in [-0.1, -0.05) is 11.6 Å². The van der Waals surface area contributed by atoms with E-state index in [9.17, 15) is 14.4 Å². The molecule has 0 spiro atoms. The van der Waals surface area contributed by atoms with Gasteiger partial charge in [-0.2, -0.15) is 5.10 Å². The van der Waals surface area contributed by atoms with Crippen LogP contribution in [0.4, 0.5) is 10.6 Å². The number of aromatic amines is 1. The minimum atomic E-state index is -0.457. The van der Waals surface area contributed by atoms with Crippen LogP contribution in [-0.2, 0) is 9.53 Å². The number of anilines is 1. The number of hydrogen-bond acceptors (Lipinski definition) is 7. The fourth-order valence-corrected chi connectivity index (χ4v) is 3.85. The molecule has 2 atom stereocenters. The lowest BCUT2D eigenvalue weighted by Crippen LogP contribution is -2.33. The number of carbonyl (C=O) groups excluding carboxylic acids is 3. The van der Waals surface area contributed by atoms with Crippen LogP contribution in [0.15, 0.2) is 18.2 Å². The monoisotopic (exact) mass is 478 g/mol. The summed E-state index contributed by atoms with van der Waals surface area (Å²) >= 11 is 6.01. The molecule has 1 heterocycles. The second-order valence-electron chi connectivity index (χ2n) is 8.02. The molecule has 1 aromatic heterocycles. The first-order valence-electron chi connectivity index (χ1n) is 10.6. The van der Waals surface area contributed by atoms with E-state index in [1.165, 1.54) is 19.2 Å². The molecule has 1 aromatic carbocycles. The average molecular weight is 479 g/mol. The highest BCUT2D eigenvalue weighted by Gasteiger charge is 2.30. The SMILES string of the molecule is COc1cc(Cl)cc(OCC(=O)Nc2cc([C@H]3CC[C@@H](OC(=O)NC(C)C)C3)[nH]n2)c1C=O. The van der Waals surface area contributed by atoms with Gasteiger partial charge in [0.25, 0.3) is 5.91 Å². The Hall–Kier alpha value is -3.27. The summed E-state index contributed by atoms with van der Waals surface area (Å²) in [5.41, 5.74) is 1.02. The summed E-state index contributed by atoms with van der Waals surface area (Å²) in [6.07, 6.45) is 2.27. The average Bonchev–Trinajstić information content (AvgIpc) is 3.40. The maximum Gasteiger partial charge on any atom is 0.407 e. The van der Waals surface area contributed by atoms with Gasteiger partial charge in [-0.3, -0.25) is 14.7 Å². The Balaban J connectivity index is 1.52. The highest BCUT2D eigenvalue weighted by Crippen LogP contribution is 2.36. The third-order valence-electron chi connectivity index (χ3n) is 5.14. The van der Waals surface area contributed by atoms with E-state index in [2.05, 4.69) is 20.8 Å². The van der Waals surface area contributed by atoms with E-state index in [4.69, 9.17) is 25.8 Å². The predicted molar refractivity (Wildman–Crippen MR) is 121 cm³/mol. The molecule has 1 saturated carbocycles. The van der Waals surface area contributed by atoms with Crippen molar-refractivity contribution in [1.29, 1.82) is 0 Å². The van der Waals surface area contributed by atoms with Crippen molar-refractivity contribution in [2.24, 2.45) is 0 Å². The van der Waals surface area contributed by atoms with E-state index in [-0.39, 0.29) is 41.7 Å². The zero-order valence-electron chi connectivity index (χ0n) is 18.6. The van der Waals surface area contributed by atoms with Crippen molar-refractivity contribution in [1.82, 2.24) is 15.5 Å². The smallest absolute Gasteiger partial charge is 0.407 e. The third kappa shape index (κ3) is 6.61. The second kappa shape index (κ2) is 11.0. The first-order valence-corrected chi connectivity index (χ1v) is 10.9. The Morgan fingerprint density at radius 2 is 2.03 bits per heavy atom. The number of halogens is 1. The zero-order valence-corrected chi connectivity index (χ0v) is 19.4. The number of hydrogen-bond donors (Lipinski definition) is 3. The lowest BCUT2D eigenvalue weighted by molar-refractivity contribution is -0.118. The molecule has 11 heteroatoms. The van der Waals surface area contributed by atoms with Crippen LogP contribution >= 0.6 is 11.6 Å². The number of alkyl carbamates (subject to hydrolysis) is 1. The topological polar surface area (TPSA) is 132 Å². The molecule has 0 unspecified atom stereocenters. The van der Waals surface area contributed by atoms with Crippen molar-refractivity contribution in [2.45, 2.75) is 51.2 Å². The maximum atomic E-state index is 12.3. The largest absolute Gasteiger partial charge is 0.496 e. The molecule has 0 aliphatic heterocycles. The molecule has 1 fully saturated rings. The number of benzene rings is 1. The number of methoxy groups -OCH3 is 1. The van der Waals surface area contributed by atoms with Crippen LogP contribution in [0.3, 0.4) is 0 Å². The maximum absolute atomic E-state index is 12.3. The molecule has 178 valence electrons. The lowest BCUT2D eigenvalue weighted by atomic mass is 10.0. The van der Waals surface area contributed by atoms with Crippen molar-refractivity contribution in [2.75, 3.05) is 19.0 Å². The summed E-state index contributed by atoms with van der Waals surface area (Å²) in [4.78, 5) is 35.5. The first kappa shape index (κ1) is 24.4. The third-order valence-corrected chi connectivity index (χ3v) is 5.35. The van der Waals surface area contributed by atoms with Gasteiger partial charge in [0.15, 0.2) is 18.7 Å². The van der Waals surface area contributed by atoms with E-state index in [1.807, 2.05) is 13.8 Å². The Labute approximate surface area is 196 Å². The van der Waals surface area contributed by atoms with Gasteiger partial charge in [0.2, 0.25) is 0 Å². The number of rotatable bonds is 9. The van der Waals surface area contributed by atoms with Gasteiger partial charge in [0, 0.05) is 28.7 Å². The minimum Gasteiger partial charge on any atom is -0.496 e. The molecular formula is C22H27ClN4O6. The number of nitrogens with one attached hydrogen (secondary N) is 3. The molecule has 0 radical (unpaired) electrons. The minimum absolute atomic E-state index is 0.0170. The number of amides is 2. The highest BCUT2D eigenvalue weighted by atomic mass is 35.5. The highest BCUT2D eigenvalue weighted by molar-refractivity contribution is 6.31. The van der Waals surface area contributed by atoms with Gasteiger partial charge >= 0.3 is 6.09 Å². The number of ether oxygens (including phenoxy) is 3. The summed E-state index contributed by atoms with van der Waals surface area (Å²) in [7, 11) is 1.41. The van der Waals surface area contributed by atoms with Crippen LogP contribution in [0.1, 0.15) is 55.1 Å². The van der Waals surface area contributed by atoms with Gasteiger partial charge < -0.3 is 24.8 Å². The van der Waals surface area contributed by atoms with E-state index >= 15 is 0 Å². The predicted octanol–water partition coefficient (Wildman–Crippen LogP) is 3.67. The fourth-order valence-electron chi connectivity index (χ4n) is 3.66. The van der Waals surface area contributed by atoms with Crippen LogP contribution < -0.4 is 20.1 Å². The summed E-state index contributed by atoms with van der Waals surface area (Å²) in [5.74, 6) is 0.433. The van der Waals surface area contributed by atoms with Gasteiger partial charge in [-0.05, 0) is 45.2 Å². The van der Waals surface area contributed by atoms with Crippen molar-refractivity contribution in [3.8, 4) is 11.5 Å². The lowest BCUT2D eigenvalue weighted by Gasteiger charge is -2.14. The van der Waals surface area contributed by atoms with Gasteiger partial charge in [-0.25, -0.2) is 4.79 Å². The molecule has 0 bridgehead atoms. The normalized spacial score (nSPS) is 17.5. The Morgan fingerprint density at radius 3 is 2.73 bits per heavy atom. The fraction of sp³-hybridized carbons (Fsp3) is 0.455. The van der Waals surface area contributed by atoms with E-state index < -0.39 is 12.0 Å². The molecule has 10 nitrogen and oxygen atoms in total. The van der Waals surface area contributed by atoms with Gasteiger partial charge in [0.1, 0.15) is 17.6 Å². The standard InChI is InChI=1S/C22H27ClN4O6/c1-12(2)24-22(30)33-15-5-4-13(6-15)17-9-20(27-26-17)25-21(29)11-32-19-8-14(23)7-18(31-3)16(19)10-28/h7-10,12-13,15H,4-6,11H2,1-3H3,(H,24,30)(H2,25,26,27,29)/t13-,15+/m0/s1. The Bertz CT molecular complexity index is 1010. The quantitative estimate of drug-likeness (QED) is 0.468. The van der Waals surface area contributed by atoms with Crippen molar-refractivity contribution in [3.63, 3.8) is 0 Å². The van der Waals surface area contributed by atoms with Crippen molar-refractivity contribution < 1.29 is 28.6 Å². The summed E-state index contributed by atoms with van der Waals surface area (Å²) in [6, 6.07) is 4.69. The Kier molecular flexibility index (Phi) is 8.16. The van der Waals surface area contributed by atoms with Crippen LogP contribution in [0.25, 0.3) is 0 Å². The van der Waals surface area contributed by atoms with E-state index in [1.54, 1.807) is 6.07 Å². The molecule has 1 aliphatic carbocycles. The molecule has 2 aromatic rings. The van der Waals surface area contributed by atoms with Crippen LogP contribution in [0, 0.1) is 0 Å². The number of nitrogens with zero attached hydrogens (tertiary/aromatic N) is 1. The number of carbonyl (C=O) groups is 3. The van der Waals surface area contributed by atoms with Gasteiger partial charge in [0.05, 0.1) is 12.7 Å². The zero-order chi connectivity index (χ0) is 24.0. The molecule has 2 amide bonds. The summed E-state index contributed by atoms with van der Waals surface area (Å²) < 4.78 is 16.0. The molecule has 1 aliphatic rings. The molecule has 33 heavy (non-hydrogen) atoms. The van der Waals surface area contributed by atoms with Crippen molar-refractivity contribution >= 4 is 35.7 Å². The van der Waals surface area contributed by atoms with Crippen LogP contribution in [0.2, 0.25) is 5.02 Å². The number of H-pyrrole nitrogens is 1. The number of aromatic nitrogens is 2. The van der Waals surface area contributed by atoms with E-state index in [0.717, 1.165) is 18.5 Å². The molecule has 3 rings (SSSR count). The van der Waals surface area contributed by atoms with Crippen molar-refractivity contribution in [3.05, 3.63) is 34.5 Å².